The van der Waals surface area contributed by atoms with Gasteiger partial charge in [-0.25, -0.2) is 0 Å². The van der Waals surface area contributed by atoms with Gasteiger partial charge in [0.1, 0.15) is 0 Å². The average Bonchev–Trinajstić information content (AvgIpc) is 2.57. The highest BCUT2D eigenvalue weighted by molar-refractivity contribution is 8.00. The fourth-order valence-electron chi connectivity index (χ4n) is 2.74. The van der Waals surface area contributed by atoms with Crippen LogP contribution in [-0.4, -0.2) is 40.6 Å². The molecule has 2 saturated heterocycles. The first-order chi connectivity index (χ1) is 6.68. The van der Waals surface area contributed by atoms with Crippen LogP contribution in [-0.2, 0) is 0 Å². The van der Waals surface area contributed by atoms with Crippen molar-refractivity contribution in [3.63, 3.8) is 0 Å². The third-order valence-electron chi connectivity index (χ3n) is 3.74. The molecule has 4 unspecified atom stereocenters. The molecule has 2 nitrogen and oxygen atoms in total. The van der Waals surface area contributed by atoms with E-state index in [1.165, 1.54) is 31.6 Å². The van der Waals surface area contributed by atoms with E-state index in [2.05, 4.69) is 30.5 Å². The van der Waals surface area contributed by atoms with E-state index in [-0.39, 0.29) is 0 Å². The van der Waals surface area contributed by atoms with E-state index in [9.17, 15) is 0 Å². The van der Waals surface area contributed by atoms with Gasteiger partial charge in [0.15, 0.2) is 0 Å². The largest absolute Gasteiger partial charge is 0.326 e. The highest BCUT2D eigenvalue weighted by atomic mass is 32.2. The summed E-state index contributed by atoms with van der Waals surface area (Å²) in [7, 11) is 0. The SMILES string of the molecule is CC1CC(N2CCCC(N)C2C)CS1. The van der Waals surface area contributed by atoms with E-state index < -0.39 is 0 Å². The topological polar surface area (TPSA) is 29.3 Å². The molecule has 0 amide bonds. The van der Waals surface area contributed by atoms with E-state index >= 15 is 0 Å². The Kier molecular flexibility index (Phi) is 3.40. The number of thioether (sulfide) groups is 1. The molecule has 14 heavy (non-hydrogen) atoms. The maximum Gasteiger partial charge on any atom is 0.0222 e. The molecule has 0 spiro atoms. The van der Waals surface area contributed by atoms with Gasteiger partial charge in [0, 0.05) is 29.1 Å². The quantitative estimate of drug-likeness (QED) is 0.720. The predicted molar refractivity (Wildman–Crippen MR) is 63.7 cm³/mol. The van der Waals surface area contributed by atoms with Crippen molar-refractivity contribution >= 4 is 11.8 Å². The van der Waals surface area contributed by atoms with Crippen LogP contribution in [0.25, 0.3) is 0 Å². The molecule has 2 heterocycles. The molecule has 3 heteroatoms. The van der Waals surface area contributed by atoms with Crippen LogP contribution in [0.3, 0.4) is 0 Å². The molecule has 82 valence electrons. The zero-order chi connectivity index (χ0) is 10.1. The van der Waals surface area contributed by atoms with Crippen molar-refractivity contribution in [1.29, 1.82) is 0 Å². The minimum atomic E-state index is 0.407. The number of hydrogen-bond donors (Lipinski definition) is 1. The fourth-order valence-corrected chi connectivity index (χ4v) is 3.98. The first-order valence-electron chi connectivity index (χ1n) is 5.81. The molecule has 0 aliphatic carbocycles. The van der Waals surface area contributed by atoms with E-state index in [0.29, 0.717) is 12.1 Å². The lowest BCUT2D eigenvalue weighted by molar-refractivity contribution is 0.0993. The molecule has 2 N–H and O–H groups in total. The molecule has 4 atom stereocenters. The molecule has 2 aliphatic heterocycles. The lowest BCUT2D eigenvalue weighted by Crippen LogP contribution is -2.54. The number of nitrogens with two attached hydrogens (primary N) is 1. The zero-order valence-corrected chi connectivity index (χ0v) is 10.1. The highest BCUT2D eigenvalue weighted by Crippen LogP contribution is 2.32. The van der Waals surface area contributed by atoms with Crippen LogP contribution in [0.5, 0.6) is 0 Å². The van der Waals surface area contributed by atoms with Gasteiger partial charge >= 0.3 is 0 Å². The Morgan fingerprint density at radius 2 is 2.14 bits per heavy atom. The highest BCUT2D eigenvalue weighted by Gasteiger charge is 2.34. The second-order valence-corrected chi connectivity index (χ2v) is 6.29. The average molecular weight is 214 g/mol. The van der Waals surface area contributed by atoms with Crippen LogP contribution >= 0.6 is 11.8 Å². The van der Waals surface area contributed by atoms with Gasteiger partial charge in [-0.15, -0.1) is 0 Å². The van der Waals surface area contributed by atoms with E-state index in [4.69, 9.17) is 5.73 Å². The molecule has 0 aromatic rings. The molecule has 0 aromatic heterocycles. The minimum Gasteiger partial charge on any atom is -0.326 e. The van der Waals surface area contributed by atoms with Crippen LogP contribution in [0.1, 0.15) is 33.1 Å². The molecular formula is C11H22N2S. The van der Waals surface area contributed by atoms with Crippen LogP contribution in [0.2, 0.25) is 0 Å². The van der Waals surface area contributed by atoms with E-state index in [0.717, 1.165) is 11.3 Å². The van der Waals surface area contributed by atoms with Gasteiger partial charge in [0.2, 0.25) is 0 Å². The third-order valence-corrected chi connectivity index (χ3v) is 5.08. The first kappa shape index (κ1) is 10.8. The van der Waals surface area contributed by atoms with Crippen LogP contribution in [0.15, 0.2) is 0 Å². The second-order valence-electron chi connectivity index (χ2n) is 4.82. The normalized spacial score (nSPS) is 45.6. The maximum absolute atomic E-state index is 6.12. The lowest BCUT2D eigenvalue weighted by atomic mass is 9.96. The molecule has 2 rings (SSSR count). The molecule has 2 fully saturated rings. The summed E-state index contributed by atoms with van der Waals surface area (Å²) in [6.45, 7) is 5.92. The Hall–Kier alpha value is 0.270. The summed E-state index contributed by atoms with van der Waals surface area (Å²) in [5, 5.41) is 0.852. The summed E-state index contributed by atoms with van der Waals surface area (Å²) < 4.78 is 0. The summed E-state index contributed by atoms with van der Waals surface area (Å²) in [5.41, 5.74) is 6.12. The molecule has 0 bridgehead atoms. The van der Waals surface area contributed by atoms with E-state index in [1.807, 2.05) is 0 Å². The van der Waals surface area contributed by atoms with Crippen molar-refractivity contribution in [3.8, 4) is 0 Å². The number of piperidine rings is 1. The number of hydrogen-bond acceptors (Lipinski definition) is 3. The summed E-state index contributed by atoms with van der Waals surface area (Å²) >= 11 is 2.12. The van der Waals surface area contributed by atoms with Crippen molar-refractivity contribution in [1.82, 2.24) is 4.90 Å². The second kappa shape index (κ2) is 4.42. The zero-order valence-electron chi connectivity index (χ0n) is 9.28. The number of likely N-dealkylation sites (tertiary alicyclic amines) is 1. The summed E-state index contributed by atoms with van der Waals surface area (Å²) in [6.07, 6.45) is 3.87. The predicted octanol–water partition coefficient (Wildman–Crippen LogP) is 1.69. The van der Waals surface area contributed by atoms with Crippen molar-refractivity contribution in [2.45, 2.75) is 56.5 Å². The Bertz CT molecular complexity index is 198. The van der Waals surface area contributed by atoms with Crippen LogP contribution in [0.4, 0.5) is 0 Å². The molecule has 0 radical (unpaired) electrons. The minimum absolute atomic E-state index is 0.407. The van der Waals surface area contributed by atoms with E-state index in [1.54, 1.807) is 0 Å². The van der Waals surface area contributed by atoms with Crippen LogP contribution in [0, 0.1) is 0 Å². The summed E-state index contributed by atoms with van der Waals surface area (Å²) in [4.78, 5) is 2.66. The van der Waals surface area contributed by atoms with Gasteiger partial charge in [-0.05, 0) is 32.7 Å². The molecule has 2 aliphatic rings. The Labute approximate surface area is 91.6 Å². The third kappa shape index (κ3) is 2.10. The standard InChI is InChI=1S/C11H22N2S/c1-8-6-10(7-14-8)13-5-3-4-11(12)9(13)2/h8-11H,3-7,12H2,1-2H3. The van der Waals surface area contributed by atoms with Gasteiger partial charge in [0.05, 0.1) is 0 Å². The monoisotopic (exact) mass is 214 g/mol. The van der Waals surface area contributed by atoms with Crippen molar-refractivity contribution in [2.24, 2.45) is 5.73 Å². The van der Waals surface area contributed by atoms with Crippen LogP contribution < -0.4 is 5.73 Å². The van der Waals surface area contributed by atoms with Crippen molar-refractivity contribution < 1.29 is 0 Å². The smallest absolute Gasteiger partial charge is 0.0222 e. The lowest BCUT2D eigenvalue weighted by Gasteiger charge is -2.41. The van der Waals surface area contributed by atoms with Gasteiger partial charge in [0.25, 0.3) is 0 Å². The van der Waals surface area contributed by atoms with Crippen molar-refractivity contribution in [2.75, 3.05) is 12.3 Å². The maximum atomic E-state index is 6.12. The van der Waals surface area contributed by atoms with Gasteiger partial charge in [-0.3, -0.25) is 4.90 Å². The number of rotatable bonds is 1. The summed E-state index contributed by atoms with van der Waals surface area (Å²) in [6, 6.07) is 1.81. The fraction of sp³-hybridized carbons (Fsp3) is 1.00. The molecular weight excluding hydrogens is 192 g/mol. The van der Waals surface area contributed by atoms with Crippen molar-refractivity contribution in [3.05, 3.63) is 0 Å². The summed E-state index contributed by atoms with van der Waals surface area (Å²) in [5.74, 6) is 1.32. The molecule has 0 aromatic carbocycles. The first-order valence-corrected chi connectivity index (χ1v) is 6.86. The molecule has 0 saturated carbocycles. The van der Waals surface area contributed by atoms with Gasteiger partial charge in [-0.1, -0.05) is 6.92 Å². The number of nitrogens with zero attached hydrogens (tertiary/aromatic N) is 1. The Morgan fingerprint density at radius 1 is 1.36 bits per heavy atom. The van der Waals surface area contributed by atoms with Gasteiger partial charge < -0.3 is 5.73 Å². The van der Waals surface area contributed by atoms with Gasteiger partial charge in [-0.2, -0.15) is 11.8 Å². The Balaban J connectivity index is 1.95. The Morgan fingerprint density at radius 3 is 2.79 bits per heavy atom.